The lowest BCUT2D eigenvalue weighted by atomic mass is 10.2. The Morgan fingerprint density at radius 2 is 1.53 bits per heavy atom. The third kappa shape index (κ3) is 6.13. The van der Waals surface area contributed by atoms with Gasteiger partial charge in [0, 0.05) is 32.7 Å². The van der Waals surface area contributed by atoms with Crippen molar-refractivity contribution in [3.8, 4) is 0 Å². The number of ether oxygens (including phenoxy) is 1. The minimum atomic E-state index is -0.361. The van der Waals surface area contributed by atoms with Crippen molar-refractivity contribution >= 4 is 23.8 Å². The maximum Gasteiger partial charge on any atom is 0.410 e. The van der Waals surface area contributed by atoms with Crippen LogP contribution in [0.4, 0.5) is 15.3 Å². The molecule has 9 heteroatoms. The van der Waals surface area contributed by atoms with E-state index in [1.165, 1.54) is 0 Å². The van der Waals surface area contributed by atoms with Crippen LogP contribution in [0.2, 0.25) is 0 Å². The van der Waals surface area contributed by atoms with Crippen molar-refractivity contribution in [2.24, 2.45) is 16.5 Å². The Morgan fingerprint density at radius 1 is 0.900 bits per heavy atom. The number of guanidine groups is 1. The van der Waals surface area contributed by atoms with E-state index in [2.05, 4.69) is 10.3 Å². The highest BCUT2D eigenvalue weighted by atomic mass is 16.6. The second kappa shape index (κ2) is 10.1. The van der Waals surface area contributed by atoms with Gasteiger partial charge in [0.05, 0.1) is 5.69 Å². The highest BCUT2D eigenvalue weighted by Gasteiger charge is 2.24. The Morgan fingerprint density at radius 3 is 2.17 bits per heavy atom. The zero-order chi connectivity index (χ0) is 21.3. The first-order valence-corrected chi connectivity index (χ1v) is 9.68. The fourth-order valence-electron chi connectivity index (χ4n) is 3.03. The van der Waals surface area contributed by atoms with Gasteiger partial charge >= 0.3 is 12.1 Å². The van der Waals surface area contributed by atoms with E-state index in [9.17, 15) is 9.59 Å². The number of hydrogen-bond acceptors (Lipinski definition) is 4. The van der Waals surface area contributed by atoms with Crippen LogP contribution in [0.15, 0.2) is 59.6 Å². The van der Waals surface area contributed by atoms with E-state index in [0.29, 0.717) is 38.4 Å². The average Bonchev–Trinajstić information content (AvgIpc) is 2.77. The second-order valence-corrected chi connectivity index (χ2v) is 6.88. The summed E-state index contributed by atoms with van der Waals surface area (Å²) in [5.41, 5.74) is 13.2. The molecule has 5 N–H and O–H groups in total. The predicted molar refractivity (Wildman–Crippen MR) is 114 cm³/mol. The molecule has 2 aromatic rings. The number of urea groups is 1. The molecule has 1 aliphatic heterocycles. The molecule has 2 aromatic carbocycles. The Balaban J connectivity index is 1.39. The smallest absolute Gasteiger partial charge is 0.410 e. The lowest BCUT2D eigenvalue weighted by Crippen LogP contribution is -2.53. The molecule has 30 heavy (non-hydrogen) atoms. The number of hydrogen-bond donors (Lipinski definition) is 3. The summed E-state index contributed by atoms with van der Waals surface area (Å²) in [6.45, 7) is 2.41. The quantitative estimate of drug-likeness (QED) is 0.511. The molecule has 0 bridgehead atoms. The Kier molecular flexibility index (Phi) is 7.09. The van der Waals surface area contributed by atoms with Gasteiger partial charge in [-0.2, -0.15) is 0 Å². The van der Waals surface area contributed by atoms with E-state index in [4.69, 9.17) is 16.2 Å². The number of amides is 3. The van der Waals surface area contributed by atoms with Crippen LogP contribution in [0.1, 0.15) is 11.1 Å². The summed E-state index contributed by atoms with van der Waals surface area (Å²) in [4.78, 5) is 31.9. The number of piperazine rings is 1. The van der Waals surface area contributed by atoms with Crippen molar-refractivity contribution in [3.05, 3.63) is 65.7 Å². The van der Waals surface area contributed by atoms with E-state index in [1.807, 2.05) is 42.5 Å². The van der Waals surface area contributed by atoms with Gasteiger partial charge in [0.2, 0.25) is 0 Å². The third-order valence-electron chi connectivity index (χ3n) is 4.67. The fourth-order valence-corrected chi connectivity index (χ4v) is 3.03. The summed E-state index contributed by atoms with van der Waals surface area (Å²) in [7, 11) is 0. The van der Waals surface area contributed by atoms with Gasteiger partial charge in [0.1, 0.15) is 6.61 Å². The monoisotopic (exact) mass is 410 g/mol. The van der Waals surface area contributed by atoms with Crippen molar-refractivity contribution in [2.45, 2.75) is 13.2 Å². The van der Waals surface area contributed by atoms with E-state index >= 15 is 0 Å². The lowest BCUT2D eigenvalue weighted by Gasteiger charge is -2.34. The number of nitrogens with one attached hydrogen (secondary N) is 1. The molecule has 0 aliphatic carbocycles. The van der Waals surface area contributed by atoms with Crippen molar-refractivity contribution in [1.82, 2.24) is 15.1 Å². The predicted octanol–water partition coefficient (Wildman–Crippen LogP) is 1.76. The van der Waals surface area contributed by atoms with Crippen LogP contribution >= 0.6 is 0 Å². The molecular weight excluding hydrogens is 384 g/mol. The normalized spacial score (nSPS) is 13.5. The zero-order valence-corrected chi connectivity index (χ0v) is 16.7. The molecule has 158 valence electrons. The van der Waals surface area contributed by atoms with Gasteiger partial charge in [0.15, 0.2) is 5.96 Å². The molecule has 0 spiro atoms. The zero-order valence-electron chi connectivity index (χ0n) is 16.7. The van der Waals surface area contributed by atoms with Gasteiger partial charge in [0.25, 0.3) is 0 Å². The number of rotatable bonds is 5. The second-order valence-electron chi connectivity index (χ2n) is 6.88. The minimum Gasteiger partial charge on any atom is -0.445 e. The van der Waals surface area contributed by atoms with Crippen LogP contribution < -0.4 is 16.8 Å². The first kappa shape index (κ1) is 21.0. The molecule has 3 rings (SSSR count). The van der Waals surface area contributed by atoms with Gasteiger partial charge in [-0.25, -0.2) is 14.6 Å². The molecule has 1 fully saturated rings. The molecule has 0 radical (unpaired) electrons. The summed E-state index contributed by atoms with van der Waals surface area (Å²) >= 11 is 0. The molecule has 1 aliphatic rings. The van der Waals surface area contributed by atoms with Crippen LogP contribution in [0, 0.1) is 0 Å². The number of nitrogens with zero attached hydrogens (tertiary/aromatic N) is 3. The van der Waals surface area contributed by atoms with Crippen LogP contribution in [-0.4, -0.2) is 54.1 Å². The number of nitrogens with two attached hydrogens (primary N) is 2. The molecule has 9 nitrogen and oxygen atoms in total. The topological polar surface area (TPSA) is 126 Å². The molecule has 1 heterocycles. The van der Waals surface area contributed by atoms with Gasteiger partial charge in [-0.05, 0) is 23.3 Å². The molecular formula is C21H26N6O3. The van der Waals surface area contributed by atoms with E-state index in [0.717, 1.165) is 11.1 Å². The van der Waals surface area contributed by atoms with Crippen molar-refractivity contribution in [3.63, 3.8) is 0 Å². The maximum absolute atomic E-state index is 12.4. The number of aliphatic imine (C=N–C) groups is 1. The van der Waals surface area contributed by atoms with Gasteiger partial charge in [-0.3, -0.25) is 0 Å². The summed E-state index contributed by atoms with van der Waals surface area (Å²) in [6.07, 6.45) is -0.361. The average molecular weight is 410 g/mol. The molecule has 3 amide bonds. The highest BCUT2D eigenvalue weighted by molar-refractivity contribution is 5.79. The first-order valence-electron chi connectivity index (χ1n) is 9.68. The van der Waals surface area contributed by atoms with Crippen LogP contribution in [0.5, 0.6) is 0 Å². The lowest BCUT2D eigenvalue weighted by molar-refractivity contribution is 0.0768. The molecule has 1 saturated heterocycles. The van der Waals surface area contributed by atoms with Gasteiger partial charge < -0.3 is 31.3 Å². The maximum atomic E-state index is 12.4. The molecule has 0 aromatic heterocycles. The van der Waals surface area contributed by atoms with Crippen LogP contribution in [-0.2, 0) is 17.9 Å². The Hall–Kier alpha value is -3.75. The SMILES string of the molecule is NC(N)=Nc1ccc(CNC(=O)N2CCN(C(=O)OCc3ccccc3)CC2)cc1. The minimum absolute atomic E-state index is 0.000794. The van der Waals surface area contributed by atoms with Crippen LogP contribution in [0.25, 0.3) is 0 Å². The summed E-state index contributed by atoms with van der Waals surface area (Å²) in [6, 6.07) is 16.6. The van der Waals surface area contributed by atoms with Gasteiger partial charge in [-0.1, -0.05) is 42.5 Å². The summed E-state index contributed by atoms with van der Waals surface area (Å²) in [5, 5.41) is 2.89. The van der Waals surface area contributed by atoms with E-state index < -0.39 is 0 Å². The molecule has 0 atom stereocenters. The summed E-state index contributed by atoms with van der Waals surface area (Å²) < 4.78 is 5.35. The molecule has 0 saturated carbocycles. The number of carbonyl (C=O) groups excluding carboxylic acids is 2. The summed E-state index contributed by atoms with van der Waals surface area (Å²) in [5.74, 6) is -0.000794. The number of carbonyl (C=O) groups is 2. The fraction of sp³-hybridized carbons (Fsp3) is 0.286. The first-order chi connectivity index (χ1) is 14.5. The Labute approximate surface area is 175 Å². The third-order valence-corrected chi connectivity index (χ3v) is 4.67. The van der Waals surface area contributed by atoms with Gasteiger partial charge in [-0.15, -0.1) is 0 Å². The van der Waals surface area contributed by atoms with Crippen LogP contribution in [0.3, 0.4) is 0 Å². The highest BCUT2D eigenvalue weighted by Crippen LogP contribution is 2.13. The van der Waals surface area contributed by atoms with Crippen molar-refractivity contribution in [1.29, 1.82) is 0 Å². The van der Waals surface area contributed by atoms with E-state index in [1.54, 1.807) is 21.9 Å². The largest absolute Gasteiger partial charge is 0.445 e. The molecule has 0 unspecified atom stereocenters. The number of benzene rings is 2. The van der Waals surface area contributed by atoms with Crippen molar-refractivity contribution in [2.75, 3.05) is 26.2 Å². The van der Waals surface area contributed by atoms with E-state index in [-0.39, 0.29) is 24.7 Å². The Bertz CT molecular complexity index is 873. The standard InChI is InChI=1S/C21H26N6O3/c22-19(23)25-18-8-6-16(7-9-18)14-24-20(28)26-10-12-27(13-11-26)21(29)30-15-17-4-2-1-3-5-17/h1-9H,10-15H2,(H,24,28)(H4,22,23,25). The van der Waals surface area contributed by atoms with Crippen molar-refractivity contribution < 1.29 is 14.3 Å².